The molecule has 0 aliphatic heterocycles. The van der Waals surface area contributed by atoms with Crippen LogP contribution in [0.2, 0.25) is 0 Å². The van der Waals surface area contributed by atoms with Crippen LogP contribution in [-0.4, -0.2) is 74.9 Å². The number of unbranched alkanes of at least 4 members (excludes halogenated alkanes) is 25. The zero-order chi connectivity index (χ0) is 44.3. The zero-order valence-corrected chi connectivity index (χ0v) is 40.6. The average Bonchev–Trinajstić information content (AvgIpc) is 3.20. The summed E-state index contributed by atoms with van der Waals surface area (Å²) in [6.07, 6.45) is 49.2. The molecule has 352 valence electrons. The van der Waals surface area contributed by atoms with Crippen molar-refractivity contribution in [3.8, 4) is 0 Å². The summed E-state index contributed by atoms with van der Waals surface area (Å²) in [5.74, 6) is -0.851. The number of quaternary nitrogens is 1. The van der Waals surface area contributed by atoms with Crippen LogP contribution in [0.4, 0.5) is 0 Å². The number of likely N-dealkylation sites (N-methyl/N-ethyl adjacent to an activating group) is 1. The molecule has 0 saturated carbocycles. The van der Waals surface area contributed by atoms with E-state index >= 15 is 0 Å². The highest BCUT2D eigenvalue weighted by molar-refractivity contribution is 7.47. The second-order valence-corrected chi connectivity index (χ2v) is 19.3. The Morgan fingerprint density at radius 2 is 0.917 bits per heavy atom. The lowest BCUT2D eigenvalue weighted by atomic mass is 10.0. The molecule has 0 aliphatic rings. The lowest BCUT2D eigenvalue weighted by molar-refractivity contribution is -0.870. The van der Waals surface area contributed by atoms with Gasteiger partial charge in [-0.2, -0.15) is 0 Å². The standard InChI is InChI=1S/C50H94NO8P/c1-6-8-10-12-14-16-18-20-22-24-25-27-28-30-32-34-36-38-40-42-49(52)56-46-48(47-58-60(54,55)57-45-44-51(3,4)5)59-50(53)43-41-39-37-35-33-31-29-26-23-21-19-17-15-13-11-9-7-2/h21,23,29,31,35,37,48H,6-20,22,24-28,30,32-34,36,38-47H2,1-5H3/p+1/b23-21-,31-29-,37-35-/t48-/m1/s1. The summed E-state index contributed by atoms with van der Waals surface area (Å²) in [5.41, 5.74) is 0. The molecule has 0 heterocycles. The minimum atomic E-state index is -4.39. The first-order chi connectivity index (χ1) is 29.0. The van der Waals surface area contributed by atoms with E-state index in [9.17, 15) is 19.0 Å². The highest BCUT2D eigenvalue weighted by Gasteiger charge is 2.27. The number of nitrogens with zero attached hydrogens (tertiary/aromatic N) is 1. The van der Waals surface area contributed by atoms with Crippen LogP contribution >= 0.6 is 7.82 Å². The maximum atomic E-state index is 12.7. The van der Waals surface area contributed by atoms with Crippen LogP contribution in [0.15, 0.2) is 36.5 Å². The second-order valence-electron chi connectivity index (χ2n) is 17.9. The molecule has 0 rings (SSSR count). The molecule has 1 N–H and O–H groups in total. The van der Waals surface area contributed by atoms with E-state index in [1.54, 1.807) is 0 Å². The fraction of sp³-hybridized carbons (Fsp3) is 0.840. The van der Waals surface area contributed by atoms with Crippen LogP contribution in [0.25, 0.3) is 0 Å². The summed E-state index contributed by atoms with van der Waals surface area (Å²) in [6, 6.07) is 0. The number of hydrogen-bond acceptors (Lipinski definition) is 7. The predicted molar refractivity (Wildman–Crippen MR) is 252 cm³/mol. The summed E-state index contributed by atoms with van der Waals surface area (Å²) in [7, 11) is 1.45. The van der Waals surface area contributed by atoms with E-state index in [4.69, 9.17) is 18.5 Å². The molecular weight excluding hydrogens is 774 g/mol. The molecule has 10 heteroatoms. The summed E-state index contributed by atoms with van der Waals surface area (Å²) in [6.45, 7) is 4.39. The number of phosphoric acid groups is 1. The Morgan fingerprint density at radius 1 is 0.517 bits per heavy atom. The van der Waals surface area contributed by atoms with Gasteiger partial charge in [-0.15, -0.1) is 0 Å². The molecule has 0 aromatic carbocycles. The largest absolute Gasteiger partial charge is 0.472 e. The predicted octanol–water partition coefficient (Wildman–Crippen LogP) is 14.5. The third-order valence-corrected chi connectivity index (χ3v) is 11.7. The van der Waals surface area contributed by atoms with E-state index in [-0.39, 0.29) is 32.0 Å². The van der Waals surface area contributed by atoms with Crippen molar-refractivity contribution in [2.75, 3.05) is 47.5 Å². The van der Waals surface area contributed by atoms with Crippen molar-refractivity contribution >= 4 is 19.8 Å². The monoisotopic (exact) mass is 869 g/mol. The highest BCUT2D eigenvalue weighted by Crippen LogP contribution is 2.43. The van der Waals surface area contributed by atoms with Crippen molar-refractivity contribution in [3.05, 3.63) is 36.5 Å². The molecule has 1 unspecified atom stereocenters. The molecule has 0 spiro atoms. The number of ether oxygens (including phenoxy) is 2. The van der Waals surface area contributed by atoms with Crippen LogP contribution in [0.1, 0.15) is 219 Å². The quantitative estimate of drug-likeness (QED) is 0.0212. The van der Waals surface area contributed by atoms with Crippen molar-refractivity contribution in [1.82, 2.24) is 0 Å². The van der Waals surface area contributed by atoms with Crippen LogP contribution in [0.5, 0.6) is 0 Å². The van der Waals surface area contributed by atoms with E-state index in [2.05, 4.69) is 50.3 Å². The topological polar surface area (TPSA) is 108 Å². The van der Waals surface area contributed by atoms with Gasteiger partial charge in [0.05, 0.1) is 27.7 Å². The van der Waals surface area contributed by atoms with E-state index in [1.165, 1.54) is 141 Å². The minimum Gasteiger partial charge on any atom is -0.462 e. The summed E-state index contributed by atoms with van der Waals surface area (Å²) >= 11 is 0. The van der Waals surface area contributed by atoms with Gasteiger partial charge in [0.15, 0.2) is 6.10 Å². The van der Waals surface area contributed by atoms with Gasteiger partial charge < -0.3 is 18.9 Å². The first kappa shape index (κ1) is 58.2. The number of carbonyl (C=O) groups is 2. The number of hydrogen-bond donors (Lipinski definition) is 1. The maximum absolute atomic E-state index is 12.7. The molecule has 9 nitrogen and oxygen atoms in total. The average molecular weight is 869 g/mol. The molecule has 0 saturated heterocycles. The third kappa shape index (κ3) is 45.7. The summed E-state index contributed by atoms with van der Waals surface area (Å²) in [4.78, 5) is 35.5. The fourth-order valence-corrected chi connectivity index (χ4v) is 7.54. The van der Waals surface area contributed by atoms with Gasteiger partial charge in [-0.1, -0.05) is 198 Å². The molecular formula is C50H95NO8P+. The third-order valence-electron chi connectivity index (χ3n) is 10.7. The fourth-order valence-electron chi connectivity index (χ4n) is 6.80. The minimum absolute atomic E-state index is 0.0236. The number of esters is 2. The molecule has 0 aromatic rings. The molecule has 0 aliphatic carbocycles. The molecule has 0 fully saturated rings. The molecule has 0 radical (unpaired) electrons. The molecule has 2 atom stereocenters. The van der Waals surface area contributed by atoms with E-state index in [0.717, 1.165) is 44.9 Å². The van der Waals surface area contributed by atoms with E-state index in [1.807, 2.05) is 21.1 Å². The number of carbonyl (C=O) groups excluding carboxylic acids is 2. The van der Waals surface area contributed by atoms with Crippen molar-refractivity contribution in [2.45, 2.75) is 225 Å². The van der Waals surface area contributed by atoms with E-state index < -0.39 is 26.5 Å². The Bertz CT molecular complexity index is 1120. The number of phosphoric ester groups is 1. The van der Waals surface area contributed by atoms with Crippen LogP contribution in [-0.2, 0) is 32.7 Å². The van der Waals surface area contributed by atoms with Crippen LogP contribution < -0.4 is 0 Å². The van der Waals surface area contributed by atoms with E-state index in [0.29, 0.717) is 17.4 Å². The highest BCUT2D eigenvalue weighted by atomic mass is 31.2. The first-order valence-corrected chi connectivity index (χ1v) is 26.2. The SMILES string of the molecule is CCCCCCCC/C=C\C/C=C\C/C=C\CCCC(=O)O[C@H](COC(=O)CCCCCCCCCCCCCCCCCCCCC)COP(=O)(O)OCC[N+](C)(C)C. The van der Waals surface area contributed by atoms with Crippen LogP contribution in [0, 0.1) is 0 Å². The summed E-state index contributed by atoms with van der Waals surface area (Å²) in [5, 5.41) is 0. The maximum Gasteiger partial charge on any atom is 0.472 e. The van der Waals surface area contributed by atoms with Crippen molar-refractivity contribution in [2.24, 2.45) is 0 Å². The normalized spacial score (nSPS) is 13.8. The van der Waals surface area contributed by atoms with Crippen molar-refractivity contribution < 1.29 is 42.1 Å². The van der Waals surface area contributed by atoms with Gasteiger partial charge in [-0.3, -0.25) is 18.6 Å². The lowest BCUT2D eigenvalue weighted by Crippen LogP contribution is -2.37. The van der Waals surface area contributed by atoms with Crippen LogP contribution in [0.3, 0.4) is 0 Å². The Balaban J connectivity index is 4.33. The Morgan fingerprint density at radius 3 is 1.38 bits per heavy atom. The van der Waals surface area contributed by atoms with Gasteiger partial charge in [0.1, 0.15) is 19.8 Å². The molecule has 0 aromatic heterocycles. The number of rotatable bonds is 45. The molecule has 60 heavy (non-hydrogen) atoms. The smallest absolute Gasteiger partial charge is 0.462 e. The van der Waals surface area contributed by atoms with Gasteiger partial charge in [-0.05, 0) is 44.9 Å². The van der Waals surface area contributed by atoms with Gasteiger partial charge in [0.25, 0.3) is 0 Å². The Labute approximate surface area is 370 Å². The van der Waals surface area contributed by atoms with Gasteiger partial charge >= 0.3 is 19.8 Å². The molecule has 0 bridgehead atoms. The van der Waals surface area contributed by atoms with Crippen molar-refractivity contribution in [3.63, 3.8) is 0 Å². The Kier molecular flexibility index (Phi) is 41.3. The van der Waals surface area contributed by atoms with Crippen molar-refractivity contribution in [1.29, 1.82) is 0 Å². The summed E-state index contributed by atoms with van der Waals surface area (Å²) < 4.78 is 34.3. The van der Waals surface area contributed by atoms with Gasteiger partial charge in [-0.25, -0.2) is 4.57 Å². The molecule has 0 amide bonds. The van der Waals surface area contributed by atoms with Gasteiger partial charge in [0.2, 0.25) is 0 Å². The lowest BCUT2D eigenvalue weighted by Gasteiger charge is -2.24. The second kappa shape index (κ2) is 42.5. The first-order valence-electron chi connectivity index (χ1n) is 24.7. The number of allylic oxidation sites excluding steroid dienone is 6. The zero-order valence-electron chi connectivity index (χ0n) is 39.7. The Hall–Kier alpha value is -1.77. The van der Waals surface area contributed by atoms with Gasteiger partial charge in [0, 0.05) is 12.8 Å².